The fraction of sp³-hybridized carbons (Fsp3) is 0.333. The summed E-state index contributed by atoms with van der Waals surface area (Å²) in [6, 6.07) is 0. The maximum atomic E-state index is 9.50. The first-order chi connectivity index (χ1) is 4.35. The highest BCUT2D eigenvalue weighted by molar-refractivity contribution is 7.49. The van der Waals surface area contributed by atoms with Gasteiger partial charge in [0.2, 0.25) is 12.2 Å². The summed E-state index contributed by atoms with van der Waals surface area (Å²) in [7, 11) is -0.371. The quantitative estimate of drug-likeness (QED) is 0.331. The molecule has 0 saturated carbocycles. The maximum absolute atomic E-state index is 9.50. The third-order valence-corrected chi connectivity index (χ3v) is 1.25. The van der Waals surface area contributed by atoms with Crippen molar-refractivity contribution in [3.8, 4) is 0 Å². The van der Waals surface area contributed by atoms with Gasteiger partial charge in [-0.2, -0.15) is 0 Å². The molecule has 5 nitrogen and oxygen atoms in total. The van der Waals surface area contributed by atoms with Gasteiger partial charge in [-0.3, -0.25) is 0 Å². The molecule has 0 amide bonds. The second-order valence-corrected chi connectivity index (χ2v) is 2.09. The van der Waals surface area contributed by atoms with Crippen molar-refractivity contribution in [3.05, 3.63) is 0 Å². The normalized spacial score (nSPS) is 10.8. The monoisotopic (exact) mass is 146 g/mol. The summed E-state index contributed by atoms with van der Waals surface area (Å²) >= 11 is 0. The molecule has 9 heavy (non-hydrogen) atoms. The van der Waals surface area contributed by atoms with Crippen LogP contribution in [0.2, 0.25) is 0 Å². The van der Waals surface area contributed by atoms with E-state index in [-0.39, 0.29) is 0 Å². The van der Waals surface area contributed by atoms with Crippen LogP contribution in [0.4, 0.5) is 0 Å². The summed E-state index contributed by atoms with van der Waals surface area (Å²) < 4.78 is 10.5. The highest BCUT2D eigenvalue weighted by atomic mass is 31.2. The lowest BCUT2D eigenvalue weighted by Gasteiger charge is -1.92. The zero-order chi connectivity index (χ0) is 7.11. The van der Waals surface area contributed by atoms with E-state index in [9.17, 15) is 9.59 Å². The van der Waals surface area contributed by atoms with Crippen molar-refractivity contribution in [1.82, 2.24) is 0 Å². The number of nitrogens with zero attached hydrogens (tertiary/aromatic N) is 2. The Morgan fingerprint density at radius 3 is 2.00 bits per heavy atom. The standard InChI is InChI=1S/C3H3N2O3P/c1-8-9(4-2-6)5-3-7/h1H3. The molecule has 0 aliphatic heterocycles. The smallest absolute Gasteiger partial charge is 0.311 e. The summed E-state index contributed by atoms with van der Waals surface area (Å²) in [5.41, 5.74) is 0. The predicted octanol–water partition coefficient (Wildman–Crippen LogP) is 0.531. The lowest BCUT2D eigenvalue weighted by Crippen LogP contribution is -1.67. The van der Waals surface area contributed by atoms with Crippen LogP contribution in [-0.4, -0.2) is 19.3 Å². The average molecular weight is 146 g/mol. The van der Waals surface area contributed by atoms with Gasteiger partial charge in [0.15, 0.2) is 0 Å². The molecule has 0 unspecified atom stereocenters. The van der Waals surface area contributed by atoms with Crippen molar-refractivity contribution in [1.29, 1.82) is 0 Å². The van der Waals surface area contributed by atoms with Crippen LogP contribution in [0.5, 0.6) is 0 Å². The SMILES string of the molecule is COP(N=C=O)N=C=O. The van der Waals surface area contributed by atoms with E-state index in [0.29, 0.717) is 0 Å². The molecule has 0 heterocycles. The molecule has 0 aliphatic rings. The van der Waals surface area contributed by atoms with Crippen molar-refractivity contribution in [2.75, 3.05) is 7.11 Å². The molecule has 0 fully saturated rings. The van der Waals surface area contributed by atoms with Gasteiger partial charge in [0, 0.05) is 7.11 Å². The highest BCUT2D eigenvalue weighted by Gasteiger charge is 1.99. The highest BCUT2D eigenvalue weighted by Crippen LogP contribution is 2.37. The van der Waals surface area contributed by atoms with Crippen molar-refractivity contribution in [2.45, 2.75) is 0 Å². The number of carbonyl (C=O) groups excluding carboxylic acids is 2. The van der Waals surface area contributed by atoms with Crippen LogP contribution in [0.15, 0.2) is 9.53 Å². The second kappa shape index (κ2) is 5.29. The van der Waals surface area contributed by atoms with Crippen LogP contribution in [0, 0.1) is 0 Å². The Bertz CT molecular complexity index is 152. The van der Waals surface area contributed by atoms with Crippen molar-refractivity contribution in [3.63, 3.8) is 0 Å². The summed E-state index contributed by atoms with van der Waals surface area (Å²) in [6.45, 7) is 0. The van der Waals surface area contributed by atoms with Crippen LogP contribution in [-0.2, 0) is 14.1 Å². The van der Waals surface area contributed by atoms with Gasteiger partial charge in [-0.1, -0.05) is 0 Å². The van der Waals surface area contributed by atoms with E-state index in [1.807, 2.05) is 0 Å². The molecule has 0 radical (unpaired) electrons. The van der Waals surface area contributed by atoms with E-state index in [1.165, 1.54) is 19.3 Å². The Kier molecular flexibility index (Phi) is 4.79. The molecule has 0 aromatic heterocycles. The number of rotatable bonds is 3. The molecular weight excluding hydrogens is 143 g/mol. The Labute approximate surface area is 52.4 Å². The van der Waals surface area contributed by atoms with Crippen LogP contribution in [0.3, 0.4) is 0 Å². The van der Waals surface area contributed by atoms with Gasteiger partial charge in [-0.15, -0.1) is 9.53 Å². The maximum Gasteiger partial charge on any atom is 0.311 e. The largest absolute Gasteiger partial charge is 0.323 e. The van der Waals surface area contributed by atoms with E-state index in [2.05, 4.69) is 14.0 Å². The zero-order valence-electron chi connectivity index (χ0n) is 4.57. The van der Waals surface area contributed by atoms with Gasteiger partial charge >= 0.3 is 8.45 Å². The molecule has 0 atom stereocenters. The molecular formula is C3H3N2O3P. The predicted molar refractivity (Wildman–Crippen MR) is 30.2 cm³/mol. The first-order valence-corrected chi connectivity index (χ1v) is 3.01. The molecule has 0 spiro atoms. The molecule has 6 heteroatoms. The van der Waals surface area contributed by atoms with E-state index >= 15 is 0 Å². The van der Waals surface area contributed by atoms with Crippen LogP contribution >= 0.6 is 8.45 Å². The molecule has 0 bridgehead atoms. The number of hydrogen-bond acceptors (Lipinski definition) is 5. The average Bonchev–Trinajstić information content (AvgIpc) is 1.88. The first kappa shape index (κ1) is 8.15. The molecule has 0 aromatic carbocycles. The van der Waals surface area contributed by atoms with Crippen LogP contribution < -0.4 is 0 Å². The fourth-order valence-electron chi connectivity index (χ4n) is 0.174. The lowest BCUT2D eigenvalue weighted by atomic mass is 11.7. The molecule has 0 N–H and O–H groups in total. The lowest BCUT2D eigenvalue weighted by molar-refractivity contribution is 0.461. The van der Waals surface area contributed by atoms with E-state index in [4.69, 9.17) is 0 Å². The number of hydrogen-bond donors (Lipinski definition) is 0. The van der Waals surface area contributed by atoms with Gasteiger partial charge < -0.3 is 4.52 Å². The summed E-state index contributed by atoms with van der Waals surface area (Å²) in [6.07, 6.45) is 2.42. The Hall–Kier alpha value is -0.850. The van der Waals surface area contributed by atoms with Crippen molar-refractivity contribution >= 4 is 20.6 Å². The molecule has 0 rings (SSSR count). The zero-order valence-corrected chi connectivity index (χ0v) is 5.46. The second-order valence-electron chi connectivity index (χ2n) is 0.818. The minimum Gasteiger partial charge on any atom is -0.323 e. The van der Waals surface area contributed by atoms with Crippen molar-refractivity contribution < 1.29 is 14.1 Å². The van der Waals surface area contributed by atoms with Gasteiger partial charge in [0.05, 0.1) is 0 Å². The first-order valence-electron chi connectivity index (χ1n) is 1.85. The van der Waals surface area contributed by atoms with Crippen LogP contribution in [0.25, 0.3) is 0 Å². The summed E-state index contributed by atoms with van der Waals surface area (Å²) in [4.78, 5) is 19.0. The van der Waals surface area contributed by atoms with Gasteiger partial charge in [0.1, 0.15) is 0 Å². The van der Waals surface area contributed by atoms with Gasteiger partial charge in [-0.05, 0) is 0 Å². The van der Waals surface area contributed by atoms with E-state index in [1.54, 1.807) is 0 Å². The van der Waals surface area contributed by atoms with Gasteiger partial charge in [-0.25, -0.2) is 9.59 Å². The topological polar surface area (TPSA) is 68.1 Å². The Balaban J connectivity index is 3.97. The molecule has 0 saturated heterocycles. The van der Waals surface area contributed by atoms with Gasteiger partial charge in [0.25, 0.3) is 0 Å². The Morgan fingerprint density at radius 1 is 1.33 bits per heavy atom. The third kappa shape index (κ3) is 3.71. The molecule has 48 valence electrons. The Morgan fingerprint density at radius 2 is 1.78 bits per heavy atom. The third-order valence-electron chi connectivity index (χ3n) is 0.416. The van der Waals surface area contributed by atoms with E-state index in [0.717, 1.165) is 0 Å². The van der Waals surface area contributed by atoms with Crippen LogP contribution in [0.1, 0.15) is 0 Å². The summed E-state index contributed by atoms with van der Waals surface area (Å²) in [5.74, 6) is 0. The minimum absolute atomic E-state index is 1.21. The van der Waals surface area contributed by atoms with Crippen molar-refractivity contribution in [2.24, 2.45) is 9.53 Å². The summed E-state index contributed by atoms with van der Waals surface area (Å²) in [5, 5.41) is 0. The fourth-order valence-corrected chi connectivity index (χ4v) is 0.522. The van der Waals surface area contributed by atoms with E-state index < -0.39 is 8.45 Å². The molecule has 0 aromatic rings. The minimum atomic E-state index is -1.66. The number of isocyanates is 2. The molecule has 0 aliphatic carbocycles.